The van der Waals surface area contributed by atoms with Crippen molar-refractivity contribution in [2.45, 2.75) is 27.3 Å². The van der Waals surface area contributed by atoms with Gasteiger partial charge in [-0.05, 0) is 44.4 Å². The molecule has 0 N–H and O–H groups in total. The fraction of sp³-hybridized carbons (Fsp3) is 0.625. The van der Waals surface area contributed by atoms with Gasteiger partial charge in [0.25, 0.3) is 0 Å². The first-order valence-corrected chi connectivity index (χ1v) is 7.45. The van der Waals surface area contributed by atoms with Crippen molar-refractivity contribution < 1.29 is 18.6 Å². The van der Waals surface area contributed by atoms with E-state index in [-0.39, 0.29) is 18.6 Å². The maximum Gasteiger partial charge on any atom is 0.0365 e. The third-order valence-corrected chi connectivity index (χ3v) is 3.35. The van der Waals surface area contributed by atoms with Gasteiger partial charge in [-0.3, -0.25) is 0 Å². The Labute approximate surface area is 136 Å². The number of rotatable bonds is 4. The van der Waals surface area contributed by atoms with Gasteiger partial charge in [0.1, 0.15) is 0 Å². The summed E-state index contributed by atoms with van der Waals surface area (Å²) in [5.74, 6) is 0. The molecule has 1 aliphatic rings. The summed E-state index contributed by atoms with van der Waals surface area (Å²) in [4.78, 5) is 4.73. The van der Waals surface area contributed by atoms with E-state index < -0.39 is 0 Å². The van der Waals surface area contributed by atoms with Crippen LogP contribution in [0.1, 0.15) is 26.3 Å². The molecule has 3 nitrogen and oxygen atoms in total. The standard InChI is InChI=1S/C14H22N3.C2H6.V/c1-3-16(2)12-13-4-6-14(7-5-13)17-10-8-15-9-11-17;1-2;/h4-7H,3,8-12H2,1-2H3;1-2H3;/q-1;;. The second-order valence-electron chi connectivity index (χ2n) is 4.65. The van der Waals surface area contributed by atoms with Crippen LogP contribution in [0.5, 0.6) is 0 Å². The van der Waals surface area contributed by atoms with Gasteiger partial charge >= 0.3 is 0 Å². The minimum Gasteiger partial charge on any atom is -0.659 e. The predicted octanol–water partition coefficient (Wildman–Crippen LogP) is 3.36. The van der Waals surface area contributed by atoms with Crippen molar-refractivity contribution in [3.05, 3.63) is 35.1 Å². The second-order valence-corrected chi connectivity index (χ2v) is 4.65. The molecule has 1 aromatic rings. The zero-order valence-electron chi connectivity index (χ0n) is 13.3. The number of piperazine rings is 1. The number of hydrogen-bond donors (Lipinski definition) is 0. The number of nitrogens with zero attached hydrogens (tertiary/aromatic N) is 3. The molecule has 20 heavy (non-hydrogen) atoms. The predicted molar refractivity (Wildman–Crippen MR) is 85.1 cm³/mol. The molecule has 0 unspecified atom stereocenters. The summed E-state index contributed by atoms with van der Waals surface area (Å²) >= 11 is 0. The van der Waals surface area contributed by atoms with Gasteiger partial charge in [0.15, 0.2) is 0 Å². The Morgan fingerprint density at radius 3 is 2.15 bits per heavy atom. The SMILES string of the molecule is CC.CCN(C)Cc1ccc(N2CC[N-]CC2)cc1.[V]. The number of hydrogen-bond acceptors (Lipinski definition) is 2. The van der Waals surface area contributed by atoms with E-state index in [4.69, 9.17) is 0 Å². The Morgan fingerprint density at radius 2 is 1.65 bits per heavy atom. The summed E-state index contributed by atoms with van der Waals surface area (Å²) in [6.45, 7) is 12.4. The van der Waals surface area contributed by atoms with Crippen LogP contribution >= 0.6 is 0 Å². The van der Waals surface area contributed by atoms with E-state index in [2.05, 4.69) is 53.4 Å². The average Bonchev–Trinajstić information content (AvgIpc) is 2.51. The molecule has 0 amide bonds. The maximum atomic E-state index is 4.37. The van der Waals surface area contributed by atoms with E-state index in [0.29, 0.717) is 0 Å². The fourth-order valence-electron chi connectivity index (χ4n) is 2.10. The van der Waals surface area contributed by atoms with E-state index in [0.717, 1.165) is 39.3 Å². The summed E-state index contributed by atoms with van der Waals surface area (Å²) < 4.78 is 0. The summed E-state index contributed by atoms with van der Waals surface area (Å²) in [6.07, 6.45) is 0. The van der Waals surface area contributed by atoms with Gasteiger partial charge in [-0.15, -0.1) is 13.1 Å². The normalized spacial score (nSPS) is 14.3. The van der Waals surface area contributed by atoms with Crippen LogP contribution in [0.15, 0.2) is 24.3 Å². The van der Waals surface area contributed by atoms with Crippen LogP contribution in [-0.4, -0.2) is 44.7 Å². The minimum absolute atomic E-state index is 0. The minimum atomic E-state index is 0. The Hall–Kier alpha value is -0.476. The Bertz CT molecular complexity index is 334. The Kier molecular flexibility index (Phi) is 10.9. The molecule has 1 fully saturated rings. The maximum absolute atomic E-state index is 4.37. The van der Waals surface area contributed by atoms with E-state index >= 15 is 0 Å². The smallest absolute Gasteiger partial charge is 0.0365 e. The molecular weight excluding hydrogens is 285 g/mol. The van der Waals surface area contributed by atoms with Gasteiger partial charge in [-0.2, -0.15) is 0 Å². The molecule has 2 rings (SSSR count). The van der Waals surface area contributed by atoms with Crippen molar-refractivity contribution in [3.8, 4) is 0 Å². The van der Waals surface area contributed by atoms with Crippen LogP contribution in [-0.2, 0) is 25.1 Å². The van der Waals surface area contributed by atoms with E-state index in [1.165, 1.54) is 11.3 Å². The number of anilines is 1. The van der Waals surface area contributed by atoms with Crippen LogP contribution in [0.2, 0.25) is 0 Å². The van der Waals surface area contributed by atoms with Gasteiger partial charge in [-0.1, -0.05) is 32.9 Å². The summed E-state index contributed by atoms with van der Waals surface area (Å²) in [5, 5.41) is 4.37. The Morgan fingerprint density at radius 1 is 1.10 bits per heavy atom. The molecule has 0 saturated carbocycles. The zero-order chi connectivity index (χ0) is 14.1. The first kappa shape index (κ1) is 19.5. The van der Waals surface area contributed by atoms with Crippen molar-refractivity contribution >= 4 is 5.69 Å². The summed E-state index contributed by atoms with van der Waals surface area (Å²) in [7, 11) is 2.15. The van der Waals surface area contributed by atoms with Crippen LogP contribution in [0.3, 0.4) is 0 Å². The van der Waals surface area contributed by atoms with Gasteiger partial charge in [-0.25, -0.2) is 0 Å². The summed E-state index contributed by atoms with van der Waals surface area (Å²) in [5.41, 5.74) is 2.72. The molecule has 0 bridgehead atoms. The van der Waals surface area contributed by atoms with Crippen LogP contribution in [0.4, 0.5) is 5.69 Å². The molecule has 0 atom stereocenters. The van der Waals surface area contributed by atoms with E-state index in [9.17, 15) is 0 Å². The third-order valence-electron chi connectivity index (χ3n) is 3.35. The van der Waals surface area contributed by atoms with Crippen molar-refractivity contribution in [2.24, 2.45) is 0 Å². The molecule has 0 spiro atoms. The van der Waals surface area contributed by atoms with E-state index in [1.54, 1.807) is 0 Å². The van der Waals surface area contributed by atoms with Crippen LogP contribution < -0.4 is 4.90 Å². The number of benzene rings is 1. The molecule has 0 aromatic heterocycles. The van der Waals surface area contributed by atoms with Crippen LogP contribution in [0.25, 0.3) is 5.32 Å². The van der Waals surface area contributed by atoms with Crippen LogP contribution in [0, 0.1) is 0 Å². The molecule has 1 aliphatic heterocycles. The summed E-state index contributed by atoms with van der Waals surface area (Å²) in [6, 6.07) is 8.97. The molecule has 1 heterocycles. The third kappa shape index (κ3) is 6.32. The quantitative estimate of drug-likeness (QED) is 0.850. The zero-order valence-corrected chi connectivity index (χ0v) is 14.7. The van der Waals surface area contributed by atoms with Crippen molar-refractivity contribution in [3.63, 3.8) is 0 Å². The largest absolute Gasteiger partial charge is 0.659 e. The average molecular weight is 313 g/mol. The van der Waals surface area contributed by atoms with E-state index in [1.807, 2.05) is 13.8 Å². The molecule has 1 radical (unpaired) electrons. The molecular formula is C16H28N3V-. The molecule has 1 saturated heterocycles. The molecule has 113 valence electrons. The second kappa shape index (κ2) is 11.2. The Balaban J connectivity index is 0.00000115. The first-order valence-electron chi connectivity index (χ1n) is 7.45. The molecule has 4 heteroatoms. The van der Waals surface area contributed by atoms with Gasteiger partial charge in [0.2, 0.25) is 0 Å². The van der Waals surface area contributed by atoms with Crippen molar-refractivity contribution in [2.75, 3.05) is 44.7 Å². The molecule has 0 aliphatic carbocycles. The van der Waals surface area contributed by atoms with Gasteiger partial charge in [0, 0.05) is 30.8 Å². The molecule has 1 aromatic carbocycles. The fourth-order valence-corrected chi connectivity index (χ4v) is 2.10. The first-order chi connectivity index (χ1) is 9.29. The van der Waals surface area contributed by atoms with Gasteiger partial charge in [0.05, 0.1) is 0 Å². The van der Waals surface area contributed by atoms with Crippen molar-refractivity contribution in [1.82, 2.24) is 4.90 Å². The van der Waals surface area contributed by atoms with Crippen molar-refractivity contribution in [1.29, 1.82) is 0 Å². The topological polar surface area (TPSA) is 20.6 Å². The monoisotopic (exact) mass is 313 g/mol. The van der Waals surface area contributed by atoms with Gasteiger partial charge < -0.3 is 15.1 Å².